The van der Waals surface area contributed by atoms with Crippen LogP contribution in [0, 0.1) is 0 Å². The molecule has 6 heteroatoms. The van der Waals surface area contributed by atoms with Crippen molar-refractivity contribution in [2.75, 3.05) is 0 Å². The second-order valence-corrected chi connectivity index (χ2v) is 18.2. The average molecular weight is 872 g/mol. The molecule has 5 nitrogen and oxygen atoms in total. The molecule has 10 aromatic carbocycles. The molecule has 312 valence electrons. The van der Waals surface area contributed by atoms with Gasteiger partial charge in [-0.25, -0.2) is 15.0 Å². The molecule has 0 aliphatic rings. The van der Waals surface area contributed by atoms with Crippen molar-refractivity contribution in [2.24, 2.45) is 0 Å². The quantitative estimate of drug-likeness (QED) is 0.167. The highest BCUT2D eigenvalue weighted by Gasteiger charge is 2.23. The predicted octanol–water partition coefficient (Wildman–Crippen LogP) is 16.3. The van der Waals surface area contributed by atoms with Gasteiger partial charge in [-0.15, -0.1) is 11.3 Å². The Balaban J connectivity index is 1.03. The van der Waals surface area contributed by atoms with E-state index < -0.39 is 0 Å². The van der Waals surface area contributed by atoms with Gasteiger partial charge in [0.1, 0.15) is 0 Å². The van der Waals surface area contributed by atoms with Gasteiger partial charge in [0.25, 0.3) is 0 Å². The highest BCUT2D eigenvalue weighted by Crippen LogP contribution is 2.46. The molecule has 0 bridgehead atoms. The fourth-order valence-corrected chi connectivity index (χ4v) is 11.5. The third kappa shape index (κ3) is 5.97. The molecule has 0 saturated heterocycles. The van der Waals surface area contributed by atoms with Gasteiger partial charge in [0.05, 0.1) is 27.8 Å². The topological polar surface area (TPSA) is 48.5 Å². The van der Waals surface area contributed by atoms with Crippen LogP contribution in [0.5, 0.6) is 0 Å². The van der Waals surface area contributed by atoms with E-state index in [1.54, 1.807) is 11.3 Å². The van der Waals surface area contributed by atoms with Crippen molar-refractivity contribution >= 4 is 85.9 Å². The molecule has 14 rings (SSSR count). The molecule has 67 heavy (non-hydrogen) atoms. The number of benzene rings is 10. The van der Waals surface area contributed by atoms with Crippen LogP contribution in [0.25, 0.3) is 131 Å². The van der Waals surface area contributed by atoms with E-state index in [0.29, 0.717) is 17.5 Å². The molecule has 14 aromatic rings. The molecule has 0 radical (unpaired) electrons. The lowest BCUT2D eigenvalue weighted by Crippen LogP contribution is -2.01. The molecule has 4 aromatic heterocycles. The maximum Gasteiger partial charge on any atom is 0.165 e. The van der Waals surface area contributed by atoms with Gasteiger partial charge in [0.2, 0.25) is 0 Å². The molecule has 0 atom stereocenters. The van der Waals surface area contributed by atoms with Crippen molar-refractivity contribution in [1.29, 1.82) is 0 Å². The maximum atomic E-state index is 5.46. The minimum Gasteiger partial charge on any atom is -0.309 e. The lowest BCUT2D eigenvalue weighted by atomic mass is 10.0. The smallest absolute Gasteiger partial charge is 0.165 e. The van der Waals surface area contributed by atoms with Crippen LogP contribution < -0.4 is 0 Å². The van der Waals surface area contributed by atoms with Gasteiger partial charge < -0.3 is 9.13 Å². The van der Waals surface area contributed by atoms with Gasteiger partial charge in [-0.2, -0.15) is 0 Å². The molecule has 4 heterocycles. The van der Waals surface area contributed by atoms with Crippen molar-refractivity contribution < 1.29 is 0 Å². The van der Waals surface area contributed by atoms with E-state index >= 15 is 0 Å². The molecule has 0 saturated carbocycles. The van der Waals surface area contributed by atoms with Crippen LogP contribution in [0.3, 0.4) is 0 Å². The first kappa shape index (κ1) is 37.6. The SMILES string of the molecule is c1ccc(-c2cccc(-c3nc(-c4ccc5c6ccccc6n(-c6ccccc6)c5c4)nc(-c4ccc(-n5c6ccccc6c6cc7ccccc7cc65)c5c4sc4ccccc45)n3)c2)cc1. The lowest BCUT2D eigenvalue weighted by molar-refractivity contribution is 1.08. The molecule has 0 fully saturated rings. The lowest BCUT2D eigenvalue weighted by Gasteiger charge is -2.14. The van der Waals surface area contributed by atoms with Crippen LogP contribution in [0.15, 0.2) is 224 Å². The highest BCUT2D eigenvalue weighted by molar-refractivity contribution is 7.26. The van der Waals surface area contributed by atoms with Crippen LogP contribution >= 0.6 is 11.3 Å². The maximum absolute atomic E-state index is 5.46. The van der Waals surface area contributed by atoms with Crippen LogP contribution in [0.2, 0.25) is 0 Å². The zero-order valence-corrected chi connectivity index (χ0v) is 36.8. The van der Waals surface area contributed by atoms with Gasteiger partial charge in [-0.1, -0.05) is 158 Å². The standard InChI is InChI=1S/C61H37N5S/c1-3-16-38(17-4-1)39-20-15-21-42(34-39)59-62-60(43-30-31-47-45-24-9-12-27-51(45)65(54(47)37-43)44-22-5-2-6-23-44)64-61(63-59)49-32-33-53(57-48-26-11-14-29-56(48)67-58(49)57)66-52-28-13-10-25-46(52)50-35-40-18-7-8-19-41(40)36-55(50)66/h1-37H. The van der Waals surface area contributed by atoms with E-state index in [0.717, 1.165) is 54.9 Å². The Hall–Kier alpha value is -8.71. The fraction of sp³-hybridized carbons (Fsp3) is 0. The average Bonchev–Trinajstić information content (AvgIpc) is 4.06. The van der Waals surface area contributed by atoms with Gasteiger partial charge >= 0.3 is 0 Å². The van der Waals surface area contributed by atoms with E-state index in [1.165, 1.54) is 58.8 Å². The van der Waals surface area contributed by atoms with Crippen molar-refractivity contribution in [3.63, 3.8) is 0 Å². The Kier molecular flexibility index (Phi) is 8.38. The second kappa shape index (κ2) is 14.9. The largest absolute Gasteiger partial charge is 0.309 e. The minimum atomic E-state index is 0.615. The molecule has 0 aliphatic carbocycles. The Morgan fingerprint density at radius 3 is 1.69 bits per heavy atom. The third-order valence-corrected chi connectivity index (χ3v) is 14.5. The number of thiophene rings is 1. The number of fused-ring (bicyclic) bond motifs is 10. The molecule has 0 spiro atoms. The number of nitrogens with zero attached hydrogens (tertiary/aromatic N) is 5. The molecule has 0 aliphatic heterocycles. The summed E-state index contributed by atoms with van der Waals surface area (Å²) in [6.45, 7) is 0. The molecular formula is C61H37N5S. The van der Waals surface area contributed by atoms with E-state index in [1.807, 2.05) is 0 Å². The first-order valence-corrected chi connectivity index (χ1v) is 23.4. The fourth-order valence-electron chi connectivity index (χ4n) is 10.3. The van der Waals surface area contributed by atoms with Crippen molar-refractivity contribution in [3.05, 3.63) is 224 Å². The summed E-state index contributed by atoms with van der Waals surface area (Å²) in [5.74, 6) is 1.86. The normalized spacial score (nSPS) is 11.9. The molecule has 0 N–H and O–H groups in total. The van der Waals surface area contributed by atoms with Gasteiger partial charge in [0.15, 0.2) is 17.5 Å². The van der Waals surface area contributed by atoms with Crippen LogP contribution in [0.4, 0.5) is 0 Å². The number of hydrogen-bond donors (Lipinski definition) is 0. The summed E-state index contributed by atoms with van der Waals surface area (Å²) in [5.41, 5.74) is 11.9. The number of para-hydroxylation sites is 3. The van der Waals surface area contributed by atoms with E-state index in [2.05, 4.69) is 234 Å². The zero-order valence-electron chi connectivity index (χ0n) is 36.0. The van der Waals surface area contributed by atoms with Crippen LogP contribution in [-0.2, 0) is 0 Å². The minimum absolute atomic E-state index is 0.615. The van der Waals surface area contributed by atoms with Gasteiger partial charge in [0, 0.05) is 64.1 Å². The van der Waals surface area contributed by atoms with Crippen molar-refractivity contribution in [3.8, 4) is 56.7 Å². The Morgan fingerprint density at radius 2 is 0.896 bits per heavy atom. The third-order valence-electron chi connectivity index (χ3n) is 13.3. The Labute approximate surface area is 389 Å². The van der Waals surface area contributed by atoms with Crippen LogP contribution in [-0.4, -0.2) is 24.1 Å². The monoisotopic (exact) mass is 871 g/mol. The summed E-state index contributed by atoms with van der Waals surface area (Å²) in [7, 11) is 0. The van der Waals surface area contributed by atoms with Crippen molar-refractivity contribution in [1.82, 2.24) is 24.1 Å². The van der Waals surface area contributed by atoms with E-state index in [4.69, 9.17) is 15.0 Å². The summed E-state index contributed by atoms with van der Waals surface area (Å²) in [6.07, 6.45) is 0. The van der Waals surface area contributed by atoms with Crippen LogP contribution in [0.1, 0.15) is 0 Å². The van der Waals surface area contributed by atoms with Crippen molar-refractivity contribution in [2.45, 2.75) is 0 Å². The zero-order chi connectivity index (χ0) is 44.0. The predicted molar refractivity (Wildman–Crippen MR) is 281 cm³/mol. The van der Waals surface area contributed by atoms with E-state index in [9.17, 15) is 0 Å². The Morgan fingerprint density at radius 1 is 0.328 bits per heavy atom. The number of aromatic nitrogens is 5. The number of rotatable bonds is 6. The summed E-state index contributed by atoms with van der Waals surface area (Å²) < 4.78 is 7.15. The summed E-state index contributed by atoms with van der Waals surface area (Å²) in [5, 5.41) is 9.67. The Bertz CT molecular complexity index is 4280. The van der Waals surface area contributed by atoms with Gasteiger partial charge in [-0.3, -0.25) is 0 Å². The first-order valence-electron chi connectivity index (χ1n) is 22.6. The highest BCUT2D eigenvalue weighted by atomic mass is 32.1. The molecule has 0 amide bonds. The number of hydrogen-bond acceptors (Lipinski definition) is 4. The second-order valence-electron chi connectivity index (χ2n) is 17.2. The molecular weight excluding hydrogens is 835 g/mol. The summed E-state index contributed by atoms with van der Waals surface area (Å²) in [4.78, 5) is 16.2. The first-order chi connectivity index (χ1) is 33.2. The van der Waals surface area contributed by atoms with E-state index in [-0.39, 0.29) is 0 Å². The molecule has 0 unspecified atom stereocenters. The summed E-state index contributed by atoms with van der Waals surface area (Å²) in [6, 6.07) is 80.3. The van der Waals surface area contributed by atoms with Gasteiger partial charge in [-0.05, 0) is 88.6 Å². The summed E-state index contributed by atoms with van der Waals surface area (Å²) >= 11 is 1.80.